The molecular weight excluding hydrogens is 280 g/mol. The third-order valence-corrected chi connectivity index (χ3v) is 5.03. The van der Waals surface area contributed by atoms with E-state index in [9.17, 15) is 0 Å². The van der Waals surface area contributed by atoms with Crippen LogP contribution in [0.2, 0.25) is 0 Å². The first-order chi connectivity index (χ1) is 11.2. The first-order valence-electron chi connectivity index (χ1n) is 7.97. The first kappa shape index (κ1) is 12.7. The van der Waals surface area contributed by atoms with E-state index in [1.165, 1.54) is 43.4 Å². The lowest BCUT2D eigenvalue weighted by Gasteiger charge is -2.05. The highest BCUT2D eigenvalue weighted by Crippen LogP contribution is 2.39. The molecule has 0 aliphatic carbocycles. The summed E-state index contributed by atoms with van der Waals surface area (Å²) in [6.45, 7) is 4.27. The number of aryl methyl sites for hydroxylation is 2. The fourth-order valence-corrected chi connectivity index (χ4v) is 3.66. The van der Waals surface area contributed by atoms with E-state index in [1.54, 1.807) is 0 Å². The average Bonchev–Trinajstić information content (AvgIpc) is 2.97. The molecule has 110 valence electrons. The van der Waals surface area contributed by atoms with Crippen molar-refractivity contribution in [1.29, 1.82) is 0 Å². The molecule has 0 aliphatic rings. The van der Waals surface area contributed by atoms with E-state index < -0.39 is 0 Å². The zero-order valence-electron chi connectivity index (χ0n) is 13.2. The molecule has 1 heteroatoms. The van der Waals surface area contributed by atoms with Crippen molar-refractivity contribution in [3.63, 3.8) is 0 Å². The van der Waals surface area contributed by atoms with Crippen molar-refractivity contribution in [3.05, 3.63) is 71.8 Å². The van der Waals surface area contributed by atoms with Crippen molar-refractivity contribution in [2.24, 2.45) is 0 Å². The number of hydrogen-bond donors (Lipinski definition) is 0. The molecule has 0 saturated heterocycles. The normalized spacial score (nSPS) is 11.9. The van der Waals surface area contributed by atoms with Gasteiger partial charge in [-0.3, -0.25) is 0 Å². The highest BCUT2D eigenvalue weighted by Gasteiger charge is 2.14. The van der Waals surface area contributed by atoms with Crippen molar-refractivity contribution >= 4 is 43.5 Å². The topological polar surface area (TPSA) is 13.1 Å². The van der Waals surface area contributed by atoms with Gasteiger partial charge in [0.05, 0.1) is 0 Å². The van der Waals surface area contributed by atoms with Gasteiger partial charge in [-0.15, -0.1) is 0 Å². The summed E-state index contributed by atoms with van der Waals surface area (Å²) >= 11 is 0. The third-order valence-electron chi connectivity index (χ3n) is 5.03. The molecule has 0 N–H and O–H groups in total. The van der Waals surface area contributed by atoms with Crippen LogP contribution >= 0.6 is 0 Å². The summed E-state index contributed by atoms with van der Waals surface area (Å²) in [5.74, 6) is 0. The Labute approximate surface area is 134 Å². The van der Waals surface area contributed by atoms with E-state index >= 15 is 0 Å². The van der Waals surface area contributed by atoms with Gasteiger partial charge in [0, 0.05) is 16.2 Å². The molecule has 0 amide bonds. The lowest BCUT2D eigenvalue weighted by Crippen LogP contribution is -1.81. The van der Waals surface area contributed by atoms with E-state index in [4.69, 9.17) is 4.42 Å². The maximum atomic E-state index is 6.22. The van der Waals surface area contributed by atoms with Crippen LogP contribution in [0.4, 0.5) is 0 Å². The zero-order chi connectivity index (χ0) is 15.6. The molecule has 0 spiro atoms. The largest absolute Gasteiger partial charge is 0.456 e. The van der Waals surface area contributed by atoms with Gasteiger partial charge >= 0.3 is 0 Å². The molecular formula is C22H16O. The molecule has 0 saturated carbocycles. The molecule has 0 unspecified atom stereocenters. The van der Waals surface area contributed by atoms with Gasteiger partial charge in [-0.2, -0.15) is 0 Å². The Bertz CT molecular complexity index is 1220. The highest BCUT2D eigenvalue weighted by molar-refractivity contribution is 6.26. The molecule has 0 radical (unpaired) electrons. The Balaban J connectivity index is 2.15. The molecule has 0 atom stereocenters. The van der Waals surface area contributed by atoms with Crippen molar-refractivity contribution in [2.75, 3.05) is 0 Å². The number of furan rings is 1. The Hall–Kier alpha value is -2.80. The summed E-state index contributed by atoms with van der Waals surface area (Å²) in [5.41, 5.74) is 4.48. The van der Waals surface area contributed by atoms with Crippen LogP contribution in [0.25, 0.3) is 43.5 Å². The third kappa shape index (κ3) is 1.62. The summed E-state index contributed by atoms with van der Waals surface area (Å²) in [6.07, 6.45) is 0. The smallest absolute Gasteiger partial charge is 0.138 e. The van der Waals surface area contributed by atoms with Crippen LogP contribution in [0, 0.1) is 13.8 Å². The van der Waals surface area contributed by atoms with E-state index in [2.05, 4.69) is 74.5 Å². The quantitative estimate of drug-likeness (QED) is 0.297. The second-order valence-electron chi connectivity index (χ2n) is 6.31. The average molecular weight is 296 g/mol. The Morgan fingerprint density at radius 1 is 0.652 bits per heavy atom. The predicted octanol–water partition coefficient (Wildman–Crippen LogP) is 6.51. The fourth-order valence-electron chi connectivity index (χ4n) is 3.66. The predicted molar refractivity (Wildman–Crippen MR) is 98.2 cm³/mol. The number of fused-ring (bicyclic) bond motifs is 7. The van der Waals surface area contributed by atoms with Gasteiger partial charge in [-0.05, 0) is 47.2 Å². The van der Waals surface area contributed by atoms with Crippen LogP contribution in [-0.2, 0) is 0 Å². The molecule has 1 aromatic heterocycles. The van der Waals surface area contributed by atoms with E-state index in [-0.39, 0.29) is 0 Å². The Kier molecular flexibility index (Phi) is 2.41. The number of hydrogen-bond acceptors (Lipinski definition) is 1. The molecule has 0 bridgehead atoms. The molecule has 23 heavy (non-hydrogen) atoms. The van der Waals surface area contributed by atoms with Crippen molar-refractivity contribution in [1.82, 2.24) is 0 Å². The van der Waals surface area contributed by atoms with Crippen LogP contribution in [-0.4, -0.2) is 0 Å². The van der Waals surface area contributed by atoms with Crippen LogP contribution in [0.5, 0.6) is 0 Å². The highest BCUT2D eigenvalue weighted by atomic mass is 16.3. The molecule has 5 rings (SSSR count). The second kappa shape index (κ2) is 4.36. The van der Waals surface area contributed by atoms with Gasteiger partial charge in [0.2, 0.25) is 0 Å². The summed E-state index contributed by atoms with van der Waals surface area (Å²) in [7, 11) is 0. The summed E-state index contributed by atoms with van der Waals surface area (Å²) in [5, 5.41) is 7.56. The summed E-state index contributed by atoms with van der Waals surface area (Å²) < 4.78 is 6.22. The summed E-state index contributed by atoms with van der Waals surface area (Å²) in [4.78, 5) is 0. The minimum atomic E-state index is 0.970. The summed E-state index contributed by atoms with van der Waals surface area (Å²) in [6, 6.07) is 21.6. The van der Waals surface area contributed by atoms with E-state index in [1.807, 2.05) is 0 Å². The Morgan fingerprint density at radius 2 is 1.43 bits per heavy atom. The van der Waals surface area contributed by atoms with Crippen molar-refractivity contribution in [3.8, 4) is 0 Å². The SMILES string of the molecule is Cc1ccc2c(oc3ccc4ccc5ccccc5c4c32)c1C. The molecule has 1 nitrogen and oxygen atoms in total. The zero-order valence-corrected chi connectivity index (χ0v) is 13.2. The number of benzene rings is 4. The van der Waals surface area contributed by atoms with E-state index in [0.717, 1.165) is 11.2 Å². The monoisotopic (exact) mass is 296 g/mol. The first-order valence-corrected chi connectivity index (χ1v) is 7.97. The second-order valence-corrected chi connectivity index (χ2v) is 6.31. The van der Waals surface area contributed by atoms with Gasteiger partial charge in [0.1, 0.15) is 11.2 Å². The standard InChI is InChI=1S/C22H16O/c1-13-7-11-18-21-19(23-22(18)14(13)2)12-10-16-9-8-15-5-3-4-6-17(15)20(16)21/h3-12H,1-2H3. The van der Waals surface area contributed by atoms with Gasteiger partial charge in [0.25, 0.3) is 0 Å². The maximum absolute atomic E-state index is 6.22. The van der Waals surface area contributed by atoms with Gasteiger partial charge in [-0.25, -0.2) is 0 Å². The fraction of sp³-hybridized carbons (Fsp3) is 0.0909. The maximum Gasteiger partial charge on any atom is 0.138 e. The van der Waals surface area contributed by atoms with Gasteiger partial charge in [0.15, 0.2) is 0 Å². The van der Waals surface area contributed by atoms with Crippen molar-refractivity contribution in [2.45, 2.75) is 13.8 Å². The van der Waals surface area contributed by atoms with Gasteiger partial charge in [-0.1, -0.05) is 54.6 Å². The molecule has 1 heterocycles. The molecule has 4 aromatic carbocycles. The lowest BCUT2D eigenvalue weighted by molar-refractivity contribution is 0.665. The van der Waals surface area contributed by atoms with Crippen LogP contribution in [0.15, 0.2) is 65.1 Å². The van der Waals surface area contributed by atoms with Crippen LogP contribution in [0.1, 0.15) is 11.1 Å². The van der Waals surface area contributed by atoms with Crippen LogP contribution < -0.4 is 0 Å². The minimum Gasteiger partial charge on any atom is -0.456 e. The minimum absolute atomic E-state index is 0.970. The number of rotatable bonds is 0. The van der Waals surface area contributed by atoms with Gasteiger partial charge < -0.3 is 4.42 Å². The van der Waals surface area contributed by atoms with Crippen LogP contribution in [0.3, 0.4) is 0 Å². The Morgan fingerprint density at radius 3 is 2.35 bits per heavy atom. The van der Waals surface area contributed by atoms with E-state index in [0.29, 0.717) is 0 Å². The lowest BCUT2D eigenvalue weighted by atomic mass is 9.97. The molecule has 0 aliphatic heterocycles. The molecule has 5 aromatic rings. The van der Waals surface area contributed by atoms with Crippen molar-refractivity contribution < 1.29 is 4.42 Å². The molecule has 0 fully saturated rings.